The van der Waals surface area contributed by atoms with E-state index in [0.717, 1.165) is 31.5 Å². The Kier molecular flexibility index (Phi) is 5.26. The molecule has 0 bridgehead atoms. The highest BCUT2D eigenvalue weighted by atomic mass is 32.2. The first-order valence-corrected chi connectivity index (χ1v) is 9.46. The van der Waals surface area contributed by atoms with Crippen LogP contribution in [-0.4, -0.2) is 31.3 Å². The predicted octanol–water partition coefficient (Wildman–Crippen LogP) is 3.65. The van der Waals surface area contributed by atoms with E-state index in [4.69, 9.17) is 9.47 Å². The zero-order valence-electron chi connectivity index (χ0n) is 12.2. The molecule has 3 rings (SSSR count). The standard InChI is InChI=1S/C17H25O2S/c1-2-4-15(5-3-1)14-19-16-6-8-17(9-7-16)20-12-10-18-11-13-20/h6-9,15H,1-5,10-14H2/q+1. The summed E-state index contributed by atoms with van der Waals surface area (Å²) in [5.41, 5.74) is 0. The van der Waals surface area contributed by atoms with Crippen LogP contribution in [0.4, 0.5) is 0 Å². The number of hydrogen-bond donors (Lipinski definition) is 0. The summed E-state index contributed by atoms with van der Waals surface area (Å²) in [6.45, 7) is 2.74. The summed E-state index contributed by atoms with van der Waals surface area (Å²) in [5.74, 6) is 4.18. The Morgan fingerprint density at radius 1 is 1.00 bits per heavy atom. The third-order valence-electron chi connectivity index (χ3n) is 4.32. The average molecular weight is 293 g/mol. The van der Waals surface area contributed by atoms with Crippen molar-refractivity contribution in [2.24, 2.45) is 5.92 Å². The van der Waals surface area contributed by atoms with Crippen LogP contribution in [0.1, 0.15) is 32.1 Å². The van der Waals surface area contributed by atoms with E-state index < -0.39 is 0 Å². The molecule has 1 aliphatic carbocycles. The Morgan fingerprint density at radius 3 is 2.40 bits per heavy atom. The Bertz CT molecular complexity index is 392. The summed E-state index contributed by atoms with van der Waals surface area (Å²) < 4.78 is 11.4. The molecule has 1 heterocycles. The molecular weight excluding hydrogens is 268 g/mol. The quantitative estimate of drug-likeness (QED) is 0.789. The van der Waals surface area contributed by atoms with Gasteiger partial charge in [0.25, 0.3) is 0 Å². The molecule has 1 saturated heterocycles. The zero-order valence-corrected chi connectivity index (χ0v) is 13.0. The number of benzene rings is 1. The van der Waals surface area contributed by atoms with Gasteiger partial charge in [-0.1, -0.05) is 19.3 Å². The molecule has 0 radical (unpaired) electrons. The van der Waals surface area contributed by atoms with Crippen molar-refractivity contribution in [2.75, 3.05) is 31.3 Å². The minimum absolute atomic E-state index is 0.395. The van der Waals surface area contributed by atoms with Gasteiger partial charge in [0.2, 0.25) is 0 Å². The third-order valence-corrected chi connectivity index (χ3v) is 6.57. The van der Waals surface area contributed by atoms with Gasteiger partial charge in [-0.15, -0.1) is 0 Å². The van der Waals surface area contributed by atoms with Crippen molar-refractivity contribution in [1.29, 1.82) is 0 Å². The highest BCUT2D eigenvalue weighted by Gasteiger charge is 2.25. The van der Waals surface area contributed by atoms with Crippen molar-refractivity contribution in [1.82, 2.24) is 0 Å². The lowest BCUT2D eigenvalue weighted by atomic mass is 9.90. The fraction of sp³-hybridized carbons (Fsp3) is 0.647. The van der Waals surface area contributed by atoms with Crippen LogP contribution in [0.2, 0.25) is 0 Å². The van der Waals surface area contributed by atoms with Crippen LogP contribution in [0.3, 0.4) is 0 Å². The van der Waals surface area contributed by atoms with Crippen molar-refractivity contribution in [3.63, 3.8) is 0 Å². The number of ether oxygens (including phenoxy) is 2. The van der Waals surface area contributed by atoms with E-state index in [1.165, 1.54) is 48.5 Å². The van der Waals surface area contributed by atoms with Gasteiger partial charge in [-0.25, -0.2) is 0 Å². The first kappa shape index (κ1) is 14.3. The lowest BCUT2D eigenvalue weighted by Crippen LogP contribution is -2.26. The maximum atomic E-state index is 5.97. The molecule has 0 aromatic heterocycles. The van der Waals surface area contributed by atoms with E-state index in [1.807, 2.05) is 0 Å². The fourth-order valence-corrected chi connectivity index (χ4v) is 4.89. The molecule has 0 amide bonds. The smallest absolute Gasteiger partial charge is 0.155 e. The Labute approximate surface area is 125 Å². The minimum Gasteiger partial charge on any atom is -0.493 e. The van der Waals surface area contributed by atoms with Crippen molar-refractivity contribution in [3.05, 3.63) is 24.3 Å². The van der Waals surface area contributed by atoms with Gasteiger partial charge in [-0.05, 0) is 43.0 Å². The molecule has 2 fully saturated rings. The first-order valence-electron chi connectivity index (χ1n) is 7.90. The van der Waals surface area contributed by atoms with Crippen LogP contribution in [0.25, 0.3) is 0 Å². The van der Waals surface area contributed by atoms with Crippen molar-refractivity contribution < 1.29 is 9.47 Å². The van der Waals surface area contributed by atoms with E-state index in [1.54, 1.807) is 0 Å². The van der Waals surface area contributed by atoms with Crippen molar-refractivity contribution in [2.45, 2.75) is 37.0 Å². The first-order chi connectivity index (χ1) is 9.92. The van der Waals surface area contributed by atoms with Gasteiger partial charge >= 0.3 is 0 Å². The molecule has 0 unspecified atom stereocenters. The van der Waals surface area contributed by atoms with E-state index in [2.05, 4.69) is 24.3 Å². The number of hydrogen-bond acceptors (Lipinski definition) is 2. The summed E-state index contributed by atoms with van der Waals surface area (Å²) in [5, 5.41) is 0. The molecule has 0 atom stereocenters. The largest absolute Gasteiger partial charge is 0.493 e. The van der Waals surface area contributed by atoms with Crippen molar-refractivity contribution >= 4 is 10.9 Å². The second-order valence-corrected chi connectivity index (χ2v) is 8.07. The minimum atomic E-state index is 0.395. The van der Waals surface area contributed by atoms with Crippen LogP contribution in [0, 0.1) is 5.92 Å². The Hall–Kier alpha value is -0.670. The summed E-state index contributed by atoms with van der Waals surface area (Å²) in [7, 11) is 0.395. The van der Waals surface area contributed by atoms with Gasteiger partial charge in [0.1, 0.15) is 17.3 Å². The topological polar surface area (TPSA) is 18.5 Å². The maximum absolute atomic E-state index is 5.97. The average Bonchev–Trinajstić information content (AvgIpc) is 2.55. The monoisotopic (exact) mass is 293 g/mol. The lowest BCUT2D eigenvalue weighted by Gasteiger charge is -2.21. The lowest BCUT2D eigenvalue weighted by molar-refractivity contribution is 0.159. The van der Waals surface area contributed by atoms with Gasteiger partial charge in [-0.3, -0.25) is 0 Å². The highest BCUT2D eigenvalue weighted by Crippen LogP contribution is 2.25. The van der Waals surface area contributed by atoms with Crippen LogP contribution < -0.4 is 4.74 Å². The van der Waals surface area contributed by atoms with Gasteiger partial charge in [-0.2, -0.15) is 0 Å². The SMILES string of the molecule is c1cc([S+]2CCOCC2)ccc1OCC1CCCCC1. The fourth-order valence-electron chi connectivity index (χ4n) is 3.06. The molecule has 1 aromatic carbocycles. The molecule has 0 spiro atoms. The molecule has 2 aliphatic rings. The van der Waals surface area contributed by atoms with Gasteiger partial charge < -0.3 is 9.47 Å². The van der Waals surface area contributed by atoms with E-state index in [0.29, 0.717) is 10.9 Å². The van der Waals surface area contributed by atoms with Crippen molar-refractivity contribution in [3.8, 4) is 5.75 Å². The maximum Gasteiger partial charge on any atom is 0.155 e. The second kappa shape index (κ2) is 7.37. The molecular formula is C17H25O2S+. The second-order valence-electron chi connectivity index (χ2n) is 5.80. The molecule has 3 heteroatoms. The summed E-state index contributed by atoms with van der Waals surface area (Å²) in [6, 6.07) is 8.82. The Morgan fingerprint density at radius 2 is 1.70 bits per heavy atom. The molecule has 1 aromatic rings. The van der Waals surface area contributed by atoms with Crippen LogP contribution in [0.5, 0.6) is 5.75 Å². The van der Waals surface area contributed by atoms with Crippen LogP contribution in [0.15, 0.2) is 29.2 Å². The molecule has 0 N–H and O–H groups in total. The summed E-state index contributed by atoms with van der Waals surface area (Å²) in [6.07, 6.45) is 6.88. The van der Waals surface area contributed by atoms with Gasteiger partial charge in [0.05, 0.1) is 19.8 Å². The molecule has 110 valence electrons. The van der Waals surface area contributed by atoms with Crippen LogP contribution >= 0.6 is 0 Å². The number of rotatable bonds is 4. The molecule has 1 aliphatic heterocycles. The molecule has 1 saturated carbocycles. The highest BCUT2D eigenvalue weighted by molar-refractivity contribution is 7.97. The normalized spacial score (nSPS) is 21.8. The Balaban J connectivity index is 1.50. The molecule has 20 heavy (non-hydrogen) atoms. The van der Waals surface area contributed by atoms with Gasteiger partial charge in [0, 0.05) is 10.9 Å². The van der Waals surface area contributed by atoms with Gasteiger partial charge in [0.15, 0.2) is 4.90 Å². The van der Waals surface area contributed by atoms with E-state index in [9.17, 15) is 0 Å². The predicted molar refractivity (Wildman–Crippen MR) is 84.7 cm³/mol. The molecule has 2 nitrogen and oxygen atoms in total. The summed E-state index contributed by atoms with van der Waals surface area (Å²) in [4.78, 5) is 1.47. The van der Waals surface area contributed by atoms with Crippen LogP contribution in [-0.2, 0) is 15.6 Å². The third kappa shape index (κ3) is 3.92. The van der Waals surface area contributed by atoms with E-state index in [-0.39, 0.29) is 0 Å². The summed E-state index contributed by atoms with van der Waals surface area (Å²) >= 11 is 0. The van der Waals surface area contributed by atoms with E-state index >= 15 is 0 Å². The zero-order chi connectivity index (χ0) is 13.6.